The highest BCUT2D eigenvalue weighted by molar-refractivity contribution is 6.45. The Kier molecular flexibility index (Phi) is 5.27. The van der Waals surface area contributed by atoms with Gasteiger partial charge in [0.1, 0.15) is 5.70 Å². The summed E-state index contributed by atoms with van der Waals surface area (Å²) in [4.78, 5) is 30.9. The van der Waals surface area contributed by atoms with E-state index in [1.54, 1.807) is 0 Å². The number of hydrogen-bond donors (Lipinski definition) is 0. The van der Waals surface area contributed by atoms with Crippen LogP contribution in [0.5, 0.6) is 0 Å². The molecule has 2 aromatic rings. The Morgan fingerprint density at radius 3 is 2.20 bits per heavy atom. The molecule has 4 nitrogen and oxygen atoms in total. The lowest BCUT2D eigenvalue weighted by molar-refractivity contribution is -0.120. The quantitative estimate of drug-likeness (QED) is 0.683. The summed E-state index contributed by atoms with van der Waals surface area (Å²) in [6.07, 6.45) is 2.07. The van der Waals surface area contributed by atoms with E-state index in [2.05, 4.69) is 18.7 Å². The third-order valence-corrected chi connectivity index (χ3v) is 6.77. The van der Waals surface area contributed by atoms with Crippen molar-refractivity contribution in [3.8, 4) is 0 Å². The van der Waals surface area contributed by atoms with Gasteiger partial charge in [0, 0.05) is 13.1 Å². The van der Waals surface area contributed by atoms with Crippen LogP contribution in [0, 0.1) is 33.6 Å². The van der Waals surface area contributed by atoms with Gasteiger partial charge in [-0.25, -0.2) is 4.90 Å². The van der Waals surface area contributed by atoms with E-state index in [9.17, 15) is 9.59 Å². The van der Waals surface area contributed by atoms with Gasteiger partial charge >= 0.3 is 0 Å². The number of nitrogens with zero attached hydrogens (tertiary/aromatic N) is 2. The fourth-order valence-electron chi connectivity index (χ4n) is 4.40. The Morgan fingerprint density at radius 2 is 1.53 bits per heavy atom. The summed E-state index contributed by atoms with van der Waals surface area (Å²) in [5.74, 6) is 0.233. The third kappa shape index (κ3) is 3.34. The molecule has 156 valence electrons. The molecule has 1 saturated heterocycles. The molecule has 2 aromatic carbocycles. The summed E-state index contributed by atoms with van der Waals surface area (Å²) in [6.45, 7) is 12.0. The second-order valence-corrected chi connectivity index (χ2v) is 8.86. The average molecular weight is 403 g/mol. The average Bonchev–Trinajstić information content (AvgIpc) is 2.97. The van der Waals surface area contributed by atoms with E-state index in [0.717, 1.165) is 48.2 Å². The van der Waals surface area contributed by atoms with Crippen molar-refractivity contribution in [3.63, 3.8) is 0 Å². The minimum Gasteiger partial charge on any atom is -0.366 e. The number of likely N-dealkylation sites (tertiary alicyclic amines) is 1. The molecule has 4 heteroatoms. The van der Waals surface area contributed by atoms with Crippen molar-refractivity contribution in [2.24, 2.45) is 5.92 Å². The molecule has 4 rings (SSSR count). The van der Waals surface area contributed by atoms with Gasteiger partial charge in [0.25, 0.3) is 11.8 Å². The maximum atomic E-state index is 13.7. The largest absolute Gasteiger partial charge is 0.366 e. The number of benzene rings is 2. The molecule has 0 atom stereocenters. The van der Waals surface area contributed by atoms with E-state index in [-0.39, 0.29) is 11.8 Å². The second kappa shape index (κ2) is 7.75. The molecule has 2 aliphatic rings. The van der Waals surface area contributed by atoms with Gasteiger partial charge in [0.2, 0.25) is 0 Å². The van der Waals surface area contributed by atoms with Crippen LogP contribution in [0.25, 0.3) is 5.57 Å². The Bertz CT molecular complexity index is 1060. The maximum Gasteiger partial charge on any atom is 0.282 e. The second-order valence-electron chi connectivity index (χ2n) is 8.86. The molecule has 0 bridgehead atoms. The zero-order valence-electron chi connectivity index (χ0n) is 18.6. The minimum atomic E-state index is -0.217. The van der Waals surface area contributed by atoms with E-state index in [0.29, 0.717) is 22.9 Å². The molecule has 0 spiro atoms. The molecule has 0 aromatic heterocycles. The predicted molar refractivity (Wildman–Crippen MR) is 121 cm³/mol. The third-order valence-electron chi connectivity index (χ3n) is 6.77. The standard InChI is InChI=1S/C26H30N2O2/c1-16-11-13-27(14-12-16)24-23(21-10-9-17(2)19(4)15-21)25(29)28(26(24)30)22-8-6-7-18(3)20(22)5/h6-10,15-16H,11-14H2,1-5H3. The number of piperidine rings is 1. The van der Waals surface area contributed by atoms with E-state index in [1.165, 1.54) is 10.5 Å². The molecule has 2 aliphatic heterocycles. The van der Waals surface area contributed by atoms with Gasteiger partial charge in [-0.05, 0) is 80.3 Å². The van der Waals surface area contributed by atoms with Crippen molar-refractivity contribution in [2.75, 3.05) is 18.0 Å². The number of rotatable bonds is 3. The normalized spacial score (nSPS) is 18.0. The summed E-state index contributed by atoms with van der Waals surface area (Å²) in [5.41, 5.74) is 6.96. The lowest BCUT2D eigenvalue weighted by Crippen LogP contribution is -2.38. The van der Waals surface area contributed by atoms with Crippen LogP contribution in [0.15, 0.2) is 42.1 Å². The van der Waals surface area contributed by atoms with Gasteiger partial charge in [-0.15, -0.1) is 0 Å². The molecule has 0 radical (unpaired) electrons. The summed E-state index contributed by atoms with van der Waals surface area (Å²) < 4.78 is 0. The lowest BCUT2D eigenvalue weighted by Gasteiger charge is -2.32. The molecular weight excluding hydrogens is 372 g/mol. The minimum absolute atomic E-state index is 0.198. The summed E-state index contributed by atoms with van der Waals surface area (Å²) in [5, 5.41) is 0. The van der Waals surface area contributed by atoms with Crippen molar-refractivity contribution < 1.29 is 9.59 Å². The van der Waals surface area contributed by atoms with Crippen molar-refractivity contribution in [1.82, 2.24) is 4.90 Å². The Labute approximate surface area is 179 Å². The summed E-state index contributed by atoms with van der Waals surface area (Å²) in [6, 6.07) is 11.8. The molecule has 30 heavy (non-hydrogen) atoms. The Balaban J connectivity index is 1.86. The van der Waals surface area contributed by atoms with Gasteiger partial charge in [-0.2, -0.15) is 0 Å². The Morgan fingerprint density at radius 1 is 0.833 bits per heavy atom. The van der Waals surface area contributed by atoms with Crippen LogP contribution in [-0.2, 0) is 9.59 Å². The van der Waals surface area contributed by atoms with Crippen LogP contribution < -0.4 is 4.90 Å². The topological polar surface area (TPSA) is 40.6 Å². The first-order valence-electron chi connectivity index (χ1n) is 10.8. The molecule has 0 unspecified atom stereocenters. The van der Waals surface area contributed by atoms with E-state index >= 15 is 0 Å². The number of aryl methyl sites for hydroxylation is 3. The van der Waals surface area contributed by atoms with Crippen molar-refractivity contribution in [1.29, 1.82) is 0 Å². The van der Waals surface area contributed by atoms with E-state index in [1.807, 2.05) is 57.2 Å². The Hall–Kier alpha value is -2.88. The number of amides is 2. The van der Waals surface area contributed by atoms with E-state index in [4.69, 9.17) is 0 Å². The molecule has 0 saturated carbocycles. The first-order chi connectivity index (χ1) is 14.3. The van der Waals surface area contributed by atoms with Gasteiger partial charge in [0.15, 0.2) is 0 Å². The lowest BCUT2D eigenvalue weighted by atomic mass is 9.96. The highest BCUT2D eigenvalue weighted by atomic mass is 16.2. The predicted octanol–water partition coefficient (Wildman–Crippen LogP) is 4.94. The summed E-state index contributed by atoms with van der Waals surface area (Å²) in [7, 11) is 0. The molecular formula is C26H30N2O2. The highest BCUT2D eigenvalue weighted by Gasteiger charge is 2.43. The smallest absolute Gasteiger partial charge is 0.282 e. The monoisotopic (exact) mass is 402 g/mol. The number of hydrogen-bond acceptors (Lipinski definition) is 3. The van der Waals surface area contributed by atoms with Crippen LogP contribution in [0.1, 0.15) is 47.6 Å². The fourth-order valence-corrected chi connectivity index (χ4v) is 4.40. The van der Waals surface area contributed by atoms with E-state index < -0.39 is 0 Å². The number of anilines is 1. The first-order valence-corrected chi connectivity index (χ1v) is 10.8. The number of imide groups is 1. The molecule has 2 amide bonds. The van der Waals surface area contributed by atoms with Crippen molar-refractivity contribution >= 4 is 23.1 Å². The maximum absolute atomic E-state index is 13.7. The highest BCUT2D eigenvalue weighted by Crippen LogP contribution is 2.38. The van der Waals surface area contributed by atoms with Crippen LogP contribution in [-0.4, -0.2) is 29.8 Å². The zero-order chi connectivity index (χ0) is 21.6. The molecule has 0 N–H and O–H groups in total. The van der Waals surface area contributed by atoms with Crippen LogP contribution in [0.3, 0.4) is 0 Å². The van der Waals surface area contributed by atoms with Crippen LogP contribution in [0.2, 0.25) is 0 Å². The van der Waals surface area contributed by atoms with Crippen molar-refractivity contribution in [3.05, 3.63) is 69.9 Å². The fraction of sp³-hybridized carbons (Fsp3) is 0.385. The first kappa shape index (κ1) is 20.4. The van der Waals surface area contributed by atoms with Crippen molar-refractivity contribution in [2.45, 2.75) is 47.5 Å². The number of carbonyl (C=O) groups is 2. The molecule has 0 aliphatic carbocycles. The van der Waals surface area contributed by atoms with Crippen LogP contribution in [0.4, 0.5) is 5.69 Å². The van der Waals surface area contributed by atoms with Gasteiger partial charge in [-0.3, -0.25) is 9.59 Å². The molecule has 2 heterocycles. The van der Waals surface area contributed by atoms with Gasteiger partial charge in [-0.1, -0.05) is 37.3 Å². The van der Waals surface area contributed by atoms with Gasteiger partial charge < -0.3 is 4.90 Å². The molecule has 1 fully saturated rings. The van der Waals surface area contributed by atoms with Crippen LogP contribution >= 0.6 is 0 Å². The zero-order valence-corrected chi connectivity index (χ0v) is 18.6. The van der Waals surface area contributed by atoms with Gasteiger partial charge in [0.05, 0.1) is 11.3 Å². The number of carbonyl (C=O) groups excluding carboxylic acids is 2. The summed E-state index contributed by atoms with van der Waals surface area (Å²) >= 11 is 0. The SMILES string of the molecule is Cc1ccc(C2=C(N3CCC(C)CC3)C(=O)N(c3cccc(C)c3C)C2=O)cc1C.